The van der Waals surface area contributed by atoms with Gasteiger partial charge in [-0.25, -0.2) is 4.98 Å². The van der Waals surface area contributed by atoms with Gasteiger partial charge in [0.1, 0.15) is 16.3 Å². The molecule has 0 N–H and O–H groups in total. The van der Waals surface area contributed by atoms with E-state index < -0.39 is 5.25 Å². The van der Waals surface area contributed by atoms with Gasteiger partial charge < -0.3 is 4.74 Å². The Kier molecular flexibility index (Phi) is 6.92. The van der Waals surface area contributed by atoms with Crippen LogP contribution in [0, 0.1) is 11.3 Å². The van der Waals surface area contributed by atoms with Gasteiger partial charge >= 0.3 is 5.97 Å². The van der Waals surface area contributed by atoms with Crippen LogP contribution in [-0.4, -0.2) is 22.8 Å². The summed E-state index contributed by atoms with van der Waals surface area (Å²) in [5.41, 5.74) is 3.48. The van der Waals surface area contributed by atoms with Gasteiger partial charge in [-0.1, -0.05) is 71.9 Å². The molecule has 1 atom stereocenters. The molecule has 3 aromatic rings. The molecule has 0 aliphatic carbocycles. The SMILES string of the molecule is CCOC(=O)[C@H](C)Sc1nc(-c2ccccc2Cl)cc(-c2ccccc2)c1C#N. The maximum atomic E-state index is 12.1. The number of aromatic nitrogens is 1. The Hall–Kier alpha value is -2.81. The highest BCUT2D eigenvalue weighted by Crippen LogP contribution is 2.37. The molecule has 0 radical (unpaired) electrons. The highest BCUT2D eigenvalue weighted by Gasteiger charge is 2.22. The Morgan fingerprint density at radius 2 is 1.86 bits per heavy atom. The number of pyridine rings is 1. The van der Waals surface area contributed by atoms with Gasteiger partial charge in [0.15, 0.2) is 0 Å². The van der Waals surface area contributed by atoms with Crippen molar-refractivity contribution in [2.24, 2.45) is 0 Å². The zero-order chi connectivity index (χ0) is 20.8. The summed E-state index contributed by atoms with van der Waals surface area (Å²) >= 11 is 7.61. The highest BCUT2D eigenvalue weighted by molar-refractivity contribution is 8.00. The van der Waals surface area contributed by atoms with Crippen LogP contribution >= 0.6 is 23.4 Å². The Morgan fingerprint density at radius 3 is 2.52 bits per heavy atom. The Balaban J connectivity index is 2.18. The third-order valence-electron chi connectivity index (χ3n) is 4.24. The molecule has 0 aliphatic rings. The summed E-state index contributed by atoms with van der Waals surface area (Å²) in [6, 6.07) is 21.2. The second-order valence-corrected chi connectivity index (χ2v) is 7.94. The molecule has 146 valence electrons. The lowest BCUT2D eigenvalue weighted by molar-refractivity contribution is -0.142. The average Bonchev–Trinajstić information content (AvgIpc) is 2.74. The summed E-state index contributed by atoms with van der Waals surface area (Å²) in [6.45, 7) is 3.81. The van der Waals surface area contributed by atoms with Crippen LogP contribution in [-0.2, 0) is 9.53 Å². The smallest absolute Gasteiger partial charge is 0.319 e. The molecule has 0 spiro atoms. The van der Waals surface area contributed by atoms with Crippen LogP contribution in [0.25, 0.3) is 22.4 Å². The molecule has 0 amide bonds. The number of nitrogens with zero attached hydrogens (tertiary/aromatic N) is 2. The topological polar surface area (TPSA) is 63.0 Å². The maximum absolute atomic E-state index is 12.1. The zero-order valence-electron chi connectivity index (χ0n) is 16.1. The fourth-order valence-electron chi connectivity index (χ4n) is 2.84. The number of ether oxygens (including phenoxy) is 1. The molecule has 3 rings (SSSR count). The maximum Gasteiger partial charge on any atom is 0.319 e. The fraction of sp³-hybridized carbons (Fsp3) is 0.174. The number of hydrogen-bond acceptors (Lipinski definition) is 5. The number of nitriles is 1. The third-order valence-corrected chi connectivity index (χ3v) is 5.63. The number of halogens is 1. The van der Waals surface area contributed by atoms with Crippen LogP contribution in [0.3, 0.4) is 0 Å². The minimum atomic E-state index is -0.500. The number of esters is 1. The molecule has 1 aromatic heterocycles. The number of hydrogen-bond donors (Lipinski definition) is 0. The molecule has 0 saturated heterocycles. The van der Waals surface area contributed by atoms with E-state index in [1.807, 2.05) is 54.6 Å². The van der Waals surface area contributed by atoms with Crippen molar-refractivity contribution in [2.75, 3.05) is 6.61 Å². The van der Waals surface area contributed by atoms with Crippen LogP contribution in [0.15, 0.2) is 65.7 Å². The molecular weight excluding hydrogens is 404 g/mol. The third kappa shape index (κ3) is 4.79. The van der Waals surface area contributed by atoms with Gasteiger partial charge in [-0.2, -0.15) is 5.26 Å². The van der Waals surface area contributed by atoms with Gasteiger partial charge in [0, 0.05) is 16.1 Å². The van der Waals surface area contributed by atoms with Crippen LogP contribution in [0.2, 0.25) is 5.02 Å². The summed E-state index contributed by atoms with van der Waals surface area (Å²) < 4.78 is 5.11. The van der Waals surface area contributed by atoms with E-state index in [0.717, 1.165) is 16.7 Å². The molecule has 1 heterocycles. The van der Waals surface area contributed by atoms with Crippen molar-refractivity contribution in [3.63, 3.8) is 0 Å². The number of benzene rings is 2. The lowest BCUT2D eigenvalue weighted by Crippen LogP contribution is -2.17. The zero-order valence-corrected chi connectivity index (χ0v) is 17.6. The molecule has 0 saturated carbocycles. The lowest BCUT2D eigenvalue weighted by Gasteiger charge is -2.15. The van der Waals surface area contributed by atoms with Crippen molar-refractivity contribution in [3.05, 3.63) is 71.2 Å². The standard InChI is InChI=1S/C23H19ClN2O2S/c1-3-28-23(27)15(2)29-22-19(14-25)18(16-9-5-4-6-10-16)13-21(26-22)17-11-7-8-12-20(17)24/h4-13,15H,3H2,1-2H3/t15-/m0/s1. The minimum Gasteiger partial charge on any atom is -0.465 e. The minimum absolute atomic E-state index is 0.303. The predicted molar refractivity (Wildman–Crippen MR) is 117 cm³/mol. The normalized spacial score (nSPS) is 11.5. The van der Waals surface area contributed by atoms with E-state index in [1.54, 1.807) is 19.9 Å². The average molecular weight is 423 g/mol. The van der Waals surface area contributed by atoms with E-state index in [9.17, 15) is 10.1 Å². The summed E-state index contributed by atoms with van der Waals surface area (Å²) in [5.74, 6) is -0.340. The van der Waals surface area contributed by atoms with Crippen molar-refractivity contribution in [1.29, 1.82) is 5.26 Å². The first-order valence-corrected chi connectivity index (χ1v) is 10.4. The van der Waals surface area contributed by atoms with Gasteiger partial charge in [0.05, 0.1) is 17.9 Å². The van der Waals surface area contributed by atoms with Crippen molar-refractivity contribution < 1.29 is 9.53 Å². The van der Waals surface area contributed by atoms with E-state index in [0.29, 0.717) is 27.9 Å². The monoisotopic (exact) mass is 422 g/mol. The van der Waals surface area contributed by atoms with Crippen LogP contribution in [0.5, 0.6) is 0 Å². The van der Waals surface area contributed by atoms with Gasteiger partial charge in [0.2, 0.25) is 0 Å². The van der Waals surface area contributed by atoms with E-state index in [4.69, 9.17) is 21.3 Å². The van der Waals surface area contributed by atoms with Crippen LogP contribution in [0.1, 0.15) is 19.4 Å². The molecule has 6 heteroatoms. The van der Waals surface area contributed by atoms with E-state index in [1.165, 1.54) is 11.8 Å². The van der Waals surface area contributed by atoms with Gasteiger partial charge in [-0.15, -0.1) is 0 Å². The summed E-state index contributed by atoms with van der Waals surface area (Å²) in [4.78, 5) is 16.8. The molecule has 2 aromatic carbocycles. The largest absolute Gasteiger partial charge is 0.465 e. The summed E-state index contributed by atoms with van der Waals surface area (Å²) in [5, 5.41) is 10.4. The second-order valence-electron chi connectivity index (χ2n) is 6.21. The van der Waals surface area contributed by atoms with Gasteiger partial charge in [-0.3, -0.25) is 4.79 Å². The molecule has 0 fully saturated rings. The lowest BCUT2D eigenvalue weighted by atomic mass is 9.99. The molecular formula is C23H19ClN2O2S. The number of thioether (sulfide) groups is 1. The summed E-state index contributed by atoms with van der Waals surface area (Å²) in [6.07, 6.45) is 0. The number of carbonyl (C=O) groups is 1. The van der Waals surface area contributed by atoms with Crippen molar-refractivity contribution >= 4 is 29.3 Å². The Morgan fingerprint density at radius 1 is 1.17 bits per heavy atom. The fourth-order valence-corrected chi connectivity index (χ4v) is 4.00. The van der Waals surface area contributed by atoms with Crippen molar-refractivity contribution in [3.8, 4) is 28.5 Å². The quantitative estimate of drug-likeness (QED) is 0.361. The highest BCUT2D eigenvalue weighted by atomic mass is 35.5. The van der Waals surface area contributed by atoms with E-state index in [-0.39, 0.29) is 5.97 Å². The van der Waals surface area contributed by atoms with Gasteiger partial charge in [-0.05, 0) is 31.5 Å². The first-order chi connectivity index (χ1) is 14.0. The molecule has 0 aliphatic heterocycles. The second kappa shape index (κ2) is 9.60. The molecule has 0 unspecified atom stereocenters. The Labute approximate surface area is 179 Å². The predicted octanol–water partition coefficient (Wildman–Crippen LogP) is 5.98. The van der Waals surface area contributed by atoms with Crippen molar-refractivity contribution in [2.45, 2.75) is 24.1 Å². The van der Waals surface area contributed by atoms with Crippen molar-refractivity contribution in [1.82, 2.24) is 4.98 Å². The van der Waals surface area contributed by atoms with Gasteiger partial charge in [0.25, 0.3) is 0 Å². The van der Waals surface area contributed by atoms with Crippen LogP contribution in [0.4, 0.5) is 0 Å². The molecule has 4 nitrogen and oxygen atoms in total. The van der Waals surface area contributed by atoms with E-state index >= 15 is 0 Å². The van der Waals surface area contributed by atoms with Crippen LogP contribution < -0.4 is 0 Å². The molecule has 29 heavy (non-hydrogen) atoms. The molecule has 0 bridgehead atoms. The summed E-state index contributed by atoms with van der Waals surface area (Å²) in [7, 11) is 0. The van der Waals surface area contributed by atoms with E-state index in [2.05, 4.69) is 6.07 Å². The number of rotatable bonds is 6. The first-order valence-electron chi connectivity index (χ1n) is 9.14. The Bertz CT molecular complexity index is 1060. The number of carbonyl (C=O) groups excluding carboxylic acids is 1. The first kappa shape index (κ1) is 20.9.